The minimum absolute atomic E-state index is 0.178. The van der Waals surface area contributed by atoms with E-state index in [0.29, 0.717) is 22.2 Å². The molecule has 21 heavy (non-hydrogen) atoms. The number of hydrogen-bond acceptors (Lipinski definition) is 5. The Balaban J connectivity index is 2.16. The summed E-state index contributed by atoms with van der Waals surface area (Å²) in [5.41, 5.74) is 1.26. The van der Waals surface area contributed by atoms with Crippen molar-refractivity contribution in [2.24, 2.45) is 0 Å². The number of nitrogens with zero attached hydrogens (tertiary/aromatic N) is 1. The summed E-state index contributed by atoms with van der Waals surface area (Å²) in [5, 5.41) is 6.01. The third kappa shape index (κ3) is 3.86. The predicted molar refractivity (Wildman–Crippen MR) is 83.7 cm³/mol. The van der Waals surface area contributed by atoms with Gasteiger partial charge < -0.3 is 14.8 Å². The zero-order valence-corrected chi connectivity index (χ0v) is 13.5. The van der Waals surface area contributed by atoms with Crippen molar-refractivity contribution in [2.45, 2.75) is 13.3 Å². The maximum Gasteiger partial charge on any atom is 0.230 e. The van der Waals surface area contributed by atoms with E-state index in [4.69, 9.17) is 21.1 Å². The fourth-order valence-electron chi connectivity index (χ4n) is 1.81. The second-order valence-electron chi connectivity index (χ2n) is 4.27. The molecule has 7 heteroatoms. The fraction of sp³-hybridized carbons (Fsp3) is 0.286. The van der Waals surface area contributed by atoms with Gasteiger partial charge in [0.15, 0.2) is 0 Å². The number of rotatable bonds is 5. The van der Waals surface area contributed by atoms with Crippen LogP contribution in [0, 0.1) is 6.92 Å². The van der Waals surface area contributed by atoms with Gasteiger partial charge in [0, 0.05) is 17.5 Å². The summed E-state index contributed by atoms with van der Waals surface area (Å²) >= 11 is 7.54. The molecule has 2 aromatic rings. The third-order valence-electron chi connectivity index (χ3n) is 2.76. The zero-order valence-electron chi connectivity index (χ0n) is 11.9. The average Bonchev–Trinajstić information content (AvgIpc) is 2.85. The molecule has 0 unspecified atom stereocenters. The molecule has 0 fully saturated rings. The van der Waals surface area contributed by atoms with E-state index >= 15 is 0 Å². The van der Waals surface area contributed by atoms with Gasteiger partial charge in [-0.05, 0) is 6.92 Å². The van der Waals surface area contributed by atoms with Crippen molar-refractivity contribution in [3.05, 3.63) is 33.2 Å². The second kappa shape index (κ2) is 6.78. The summed E-state index contributed by atoms with van der Waals surface area (Å²) in [6.07, 6.45) is 0.207. The van der Waals surface area contributed by atoms with Crippen LogP contribution in [0.25, 0.3) is 0 Å². The topological polar surface area (TPSA) is 60.5 Å². The van der Waals surface area contributed by atoms with Crippen molar-refractivity contribution in [1.82, 2.24) is 4.98 Å². The molecule has 5 nitrogen and oxygen atoms in total. The lowest BCUT2D eigenvalue weighted by Crippen LogP contribution is -2.15. The van der Waals surface area contributed by atoms with Crippen molar-refractivity contribution in [2.75, 3.05) is 19.5 Å². The van der Waals surface area contributed by atoms with Gasteiger partial charge in [0.2, 0.25) is 5.91 Å². The van der Waals surface area contributed by atoms with Crippen LogP contribution in [0.15, 0.2) is 17.5 Å². The molecule has 1 amide bonds. The number of amides is 1. The van der Waals surface area contributed by atoms with Crippen molar-refractivity contribution in [3.8, 4) is 11.5 Å². The molecule has 1 aromatic heterocycles. The zero-order chi connectivity index (χ0) is 15.4. The lowest BCUT2D eigenvalue weighted by atomic mass is 10.2. The van der Waals surface area contributed by atoms with E-state index < -0.39 is 0 Å². The number of carbonyl (C=O) groups excluding carboxylic acids is 1. The van der Waals surface area contributed by atoms with E-state index in [-0.39, 0.29) is 12.3 Å². The first-order chi connectivity index (χ1) is 10.0. The Morgan fingerprint density at radius 3 is 2.62 bits per heavy atom. The summed E-state index contributed by atoms with van der Waals surface area (Å²) in [4.78, 5) is 16.3. The smallest absolute Gasteiger partial charge is 0.230 e. The molecule has 0 aliphatic carbocycles. The highest BCUT2D eigenvalue weighted by Gasteiger charge is 2.13. The first kappa shape index (κ1) is 15.6. The molecule has 0 aliphatic heterocycles. The van der Waals surface area contributed by atoms with Gasteiger partial charge in [0.1, 0.15) is 11.5 Å². The van der Waals surface area contributed by atoms with Gasteiger partial charge >= 0.3 is 0 Å². The third-order valence-corrected chi connectivity index (χ3v) is 3.87. The van der Waals surface area contributed by atoms with Crippen LogP contribution in [0.4, 0.5) is 5.69 Å². The highest BCUT2D eigenvalue weighted by molar-refractivity contribution is 7.09. The lowest BCUT2D eigenvalue weighted by Gasteiger charge is -2.12. The summed E-state index contributed by atoms with van der Waals surface area (Å²) in [6.45, 7) is 1.90. The quantitative estimate of drug-likeness (QED) is 0.915. The Labute approximate surface area is 131 Å². The molecule has 1 heterocycles. The molecular formula is C14H15ClN2O3S. The van der Waals surface area contributed by atoms with Crippen molar-refractivity contribution >= 4 is 34.5 Å². The molecule has 0 bridgehead atoms. The van der Waals surface area contributed by atoms with E-state index in [2.05, 4.69) is 10.3 Å². The number of halogens is 1. The van der Waals surface area contributed by atoms with E-state index in [1.165, 1.54) is 25.6 Å². The van der Waals surface area contributed by atoms with Crippen molar-refractivity contribution in [3.63, 3.8) is 0 Å². The fourth-order valence-corrected chi connectivity index (χ4v) is 2.65. The minimum Gasteiger partial charge on any atom is -0.495 e. The van der Waals surface area contributed by atoms with Crippen LogP contribution in [-0.2, 0) is 11.2 Å². The van der Waals surface area contributed by atoms with Crippen LogP contribution >= 0.6 is 22.9 Å². The Kier molecular flexibility index (Phi) is 5.03. The number of nitrogens with one attached hydrogen (secondary N) is 1. The van der Waals surface area contributed by atoms with E-state index in [1.54, 1.807) is 12.1 Å². The molecular weight excluding hydrogens is 312 g/mol. The normalized spacial score (nSPS) is 10.3. The molecule has 1 N–H and O–H groups in total. The Hall–Kier alpha value is -1.79. The molecule has 0 spiro atoms. The first-order valence-electron chi connectivity index (χ1n) is 6.16. The molecule has 1 aromatic carbocycles. The average molecular weight is 327 g/mol. The minimum atomic E-state index is -0.178. The molecule has 0 atom stereocenters. The number of methoxy groups -OCH3 is 2. The number of benzene rings is 1. The van der Waals surface area contributed by atoms with Gasteiger partial charge in [0.25, 0.3) is 0 Å². The highest BCUT2D eigenvalue weighted by atomic mass is 35.5. The maximum atomic E-state index is 12.1. The summed E-state index contributed by atoms with van der Waals surface area (Å²) in [5.74, 6) is 0.767. The standard InChI is InChI=1S/C14H15ClN2O3S/c1-8-16-9(7-21-8)4-14(18)17-11-6-12(19-2)10(15)5-13(11)20-3/h5-7H,4H2,1-3H3,(H,17,18). The molecule has 0 aliphatic rings. The number of carbonyl (C=O) groups is 1. The molecule has 0 radical (unpaired) electrons. The second-order valence-corrected chi connectivity index (χ2v) is 5.74. The number of ether oxygens (including phenoxy) is 2. The van der Waals surface area contributed by atoms with Crippen molar-refractivity contribution < 1.29 is 14.3 Å². The van der Waals surface area contributed by atoms with Crippen LogP contribution in [0.3, 0.4) is 0 Å². The Morgan fingerprint density at radius 2 is 2.05 bits per heavy atom. The van der Waals surface area contributed by atoms with Gasteiger partial charge in [0.05, 0.1) is 42.1 Å². The van der Waals surface area contributed by atoms with Crippen LogP contribution in [0.1, 0.15) is 10.7 Å². The van der Waals surface area contributed by atoms with Gasteiger partial charge in [-0.15, -0.1) is 11.3 Å². The van der Waals surface area contributed by atoms with Crippen LogP contribution in [0.2, 0.25) is 5.02 Å². The maximum absolute atomic E-state index is 12.1. The molecule has 0 saturated carbocycles. The van der Waals surface area contributed by atoms with Crippen molar-refractivity contribution in [1.29, 1.82) is 0 Å². The number of hydrogen-bond donors (Lipinski definition) is 1. The molecule has 0 saturated heterocycles. The van der Waals surface area contributed by atoms with Crippen LogP contribution < -0.4 is 14.8 Å². The summed E-state index contributed by atoms with van der Waals surface area (Å²) < 4.78 is 10.4. The van der Waals surface area contributed by atoms with Crippen LogP contribution in [-0.4, -0.2) is 25.1 Å². The Bertz CT molecular complexity index is 658. The Morgan fingerprint density at radius 1 is 1.33 bits per heavy atom. The number of anilines is 1. The summed E-state index contributed by atoms with van der Waals surface area (Å²) in [6, 6.07) is 3.23. The number of aryl methyl sites for hydroxylation is 1. The predicted octanol–water partition coefficient (Wildman–Crippen LogP) is 3.30. The lowest BCUT2D eigenvalue weighted by molar-refractivity contribution is -0.115. The van der Waals surface area contributed by atoms with E-state index in [1.807, 2.05) is 12.3 Å². The van der Waals surface area contributed by atoms with Gasteiger partial charge in [-0.1, -0.05) is 11.6 Å². The van der Waals surface area contributed by atoms with Crippen LogP contribution in [0.5, 0.6) is 11.5 Å². The summed E-state index contributed by atoms with van der Waals surface area (Å²) in [7, 11) is 3.02. The van der Waals surface area contributed by atoms with Gasteiger partial charge in [-0.25, -0.2) is 4.98 Å². The monoisotopic (exact) mass is 326 g/mol. The number of aromatic nitrogens is 1. The molecule has 2 rings (SSSR count). The highest BCUT2D eigenvalue weighted by Crippen LogP contribution is 2.35. The van der Waals surface area contributed by atoms with E-state index in [9.17, 15) is 4.79 Å². The largest absolute Gasteiger partial charge is 0.495 e. The number of thiazole rings is 1. The van der Waals surface area contributed by atoms with Gasteiger partial charge in [-0.2, -0.15) is 0 Å². The molecule has 112 valence electrons. The van der Waals surface area contributed by atoms with E-state index in [0.717, 1.165) is 10.7 Å². The first-order valence-corrected chi connectivity index (χ1v) is 7.41. The SMILES string of the molecule is COc1cc(NC(=O)Cc2csc(C)n2)c(OC)cc1Cl. The van der Waals surface area contributed by atoms with Gasteiger partial charge in [-0.3, -0.25) is 4.79 Å².